The summed E-state index contributed by atoms with van der Waals surface area (Å²) >= 11 is 1.59. The quantitative estimate of drug-likeness (QED) is 0.610. The van der Waals surface area contributed by atoms with Gasteiger partial charge >= 0.3 is 0 Å². The second-order valence-electron chi connectivity index (χ2n) is 7.37. The second-order valence-corrected chi connectivity index (χ2v) is 8.43. The first-order valence-corrected chi connectivity index (χ1v) is 10.9. The van der Waals surface area contributed by atoms with Crippen molar-refractivity contribution in [3.8, 4) is 0 Å². The normalized spacial score (nSPS) is 16.7. The van der Waals surface area contributed by atoms with Crippen LogP contribution in [0.5, 0.6) is 0 Å². The number of piperidine rings is 1. The molecule has 0 unspecified atom stereocenters. The van der Waals surface area contributed by atoms with Gasteiger partial charge in [-0.25, -0.2) is 9.97 Å². The Balaban J connectivity index is 1.31. The Morgan fingerprint density at radius 3 is 2.93 bits per heavy atom. The van der Waals surface area contributed by atoms with Gasteiger partial charge in [-0.3, -0.25) is 4.79 Å². The number of thiazole rings is 1. The number of likely N-dealkylation sites (tertiary alicyclic amines) is 1. The molecule has 1 amide bonds. The van der Waals surface area contributed by atoms with Crippen LogP contribution in [0.4, 0.5) is 11.6 Å². The zero-order chi connectivity index (χ0) is 20.8. The van der Waals surface area contributed by atoms with Crippen LogP contribution >= 0.6 is 11.3 Å². The summed E-state index contributed by atoms with van der Waals surface area (Å²) in [6.07, 6.45) is 8.08. The molecule has 8 heteroatoms. The SMILES string of the molecule is Cc1nc(/C=C/C(=O)N2CCC[C@@H](Cc3ccc(Nc4ccccn4)nn3)C2)cs1. The highest BCUT2D eigenvalue weighted by atomic mass is 32.1. The smallest absolute Gasteiger partial charge is 0.246 e. The van der Waals surface area contributed by atoms with Crippen LogP contribution in [0.2, 0.25) is 0 Å². The Bertz CT molecular complexity index is 1000. The zero-order valence-corrected chi connectivity index (χ0v) is 17.7. The minimum Gasteiger partial charge on any atom is -0.339 e. The number of rotatable bonds is 6. The molecule has 154 valence electrons. The minimum atomic E-state index is 0.0475. The van der Waals surface area contributed by atoms with Crippen LogP contribution in [-0.2, 0) is 11.2 Å². The lowest BCUT2D eigenvalue weighted by Crippen LogP contribution is -2.39. The number of hydrogen-bond donors (Lipinski definition) is 1. The summed E-state index contributed by atoms with van der Waals surface area (Å²) < 4.78 is 0. The summed E-state index contributed by atoms with van der Waals surface area (Å²) in [5, 5.41) is 14.7. The molecule has 0 aromatic carbocycles. The monoisotopic (exact) mass is 420 g/mol. The molecule has 3 aromatic rings. The van der Waals surface area contributed by atoms with Crippen molar-refractivity contribution in [3.05, 3.63) is 64.4 Å². The summed E-state index contributed by atoms with van der Waals surface area (Å²) in [5.41, 5.74) is 1.78. The molecule has 1 N–H and O–H groups in total. The van der Waals surface area contributed by atoms with Gasteiger partial charge in [0.1, 0.15) is 5.82 Å². The van der Waals surface area contributed by atoms with Crippen LogP contribution in [0.15, 0.2) is 48.0 Å². The van der Waals surface area contributed by atoms with E-state index < -0.39 is 0 Å². The fourth-order valence-electron chi connectivity index (χ4n) is 3.55. The predicted octanol–water partition coefficient (Wildman–Crippen LogP) is 3.87. The van der Waals surface area contributed by atoms with Crippen molar-refractivity contribution >= 4 is 35.0 Å². The maximum Gasteiger partial charge on any atom is 0.246 e. The lowest BCUT2D eigenvalue weighted by atomic mass is 9.93. The average Bonchev–Trinajstić information content (AvgIpc) is 3.19. The largest absolute Gasteiger partial charge is 0.339 e. The molecule has 0 bridgehead atoms. The first-order valence-electron chi connectivity index (χ1n) is 10.1. The van der Waals surface area contributed by atoms with Crippen molar-refractivity contribution in [1.29, 1.82) is 0 Å². The van der Waals surface area contributed by atoms with Crippen LogP contribution < -0.4 is 5.32 Å². The van der Waals surface area contributed by atoms with E-state index in [1.165, 1.54) is 0 Å². The maximum absolute atomic E-state index is 12.6. The number of aryl methyl sites for hydroxylation is 1. The van der Waals surface area contributed by atoms with Crippen molar-refractivity contribution in [3.63, 3.8) is 0 Å². The fourth-order valence-corrected chi connectivity index (χ4v) is 4.13. The van der Waals surface area contributed by atoms with Gasteiger partial charge in [0.2, 0.25) is 5.91 Å². The highest BCUT2D eigenvalue weighted by Crippen LogP contribution is 2.21. The van der Waals surface area contributed by atoms with E-state index >= 15 is 0 Å². The van der Waals surface area contributed by atoms with Gasteiger partial charge in [0, 0.05) is 30.7 Å². The van der Waals surface area contributed by atoms with E-state index in [1.807, 2.05) is 47.5 Å². The summed E-state index contributed by atoms with van der Waals surface area (Å²) in [7, 11) is 0. The third-order valence-electron chi connectivity index (χ3n) is 5.00. The third kappa shape index (κ3) is 5.48. The second kappa shape index (κ2) is 9.58. The molecule has 0 radical (unpaired) electrons. The number of pyridine rings is 1. The third-order valence-corrected chi connectivity index (χ3v) is 5.79. The van der Waals surface area contributed by atoms with Crippen molar-refractivity contribution in [2.24, 2.45) is 5.92 Å². The van der Waals surface area contributed by atoms with E-state index in [4.69, 9.17) is 0 Å². The summed E-state index contributed by atoms with van der Waals surface area (Å²) in [4.78, 5) is 23.1. The molecule has 1 aliphatic rings. The first-order chi connectivity index (χ1) is 14.7. The Morgan fingerprint density at radius 2 is 2.20 bits per heavy atom. The molecule has 7 nitrogen and oxygen atoms in total. The van der Waals surface area contributed by atoms with Gasteiger partial charge in [-0.05, 0) is 62.4 Å². The standard InChI is InChI=1S/C22H24N6OS/c1-16-24-19(15-30-16)8-10-22(29)28-12-4-5-17(14-28)13-18-7-9-21(27-26-18)25-20-6-2-3-11-23-20/h2-3,6-11,15,17H,4-5,12-14H2,1H3,(H,23,25,27)/b10-8+/t17-/m0/s1. The Hall–Kier alpha value is -3.13. The molecule has 1 fully saturated rings. The molecule has 0 spiro atoms. The highest BCUT2D eigenvalue weighted by molar-refractivity contribution is 7.09. The van der Waals surface area contributed by atoms with Crippen LogP contribution in [0.3, 0.4) is 0 Å². The van der Waals surface area contributed by atoms with E-state index in [2.05, 4.69) is 25.5 Å². The number of carbonyl (C=O) groups is 1. The van der Waals surface area contributed by atoms with Crippen LogP contribution in [0.1, 0.15) is 29.2 Å². The topological polar surface area (TPSA) is 83.9 Å². The van der Waals surface area contributed by atoms with Gasteiger partial charge in [-0.1, -0.05) is 6.07 Å². The zero-order valence-electron chi connectivity index (χ0n) is 16.9. The number of nitrogens with one attached hydrogen (secondary N) is 1. The average molecular weight is 421 g/mol. The van der Waals surface area contributed by atoms with Crippen LogP contribution in [0.25, 0.3) is 6.08 Å². The molecule has 4 rings (SSSR count). The molecule has 1 aliphatic heterocycles. The van der Waals surface area contributed by atoms with Gasteiger partial charge < -0.3 is 10.2 Å². The molecule has 0 saturated carbocycles. The Morgan fingerprint density at radius 1 is 1.27 bits per heavy atom. The van der Waals surface area contributed by atoms with E-state index in [0.29, 0.717) is 11.7 Å². The molecular formula is C22H24N6OS. The fraction of sp³-hybridized carbons (Fsp3) is 0.318. The van der Waals surface area contributed by atoms with Crippen molar-refractivity contribution in [1.82, 2.24) is 25.1 Å². The number of amides is 1. The number of nitrogens with zero attached hydrogens (tertiary/aromatic N) is 5. The number of anilines is 2. The highest BCUT2D eigenvalue weighted by Gasteiger charge is 2.23. The summed E-state index contributed by atoms with van der Waals surface area (Å²) in [6, 6.07) is 9.58. The molecule has 1 atom stereocenters. The van der Waals surface area contributed by atoms with Gasteiger partial charge in [0.25, 0.3) is 0 Å². The van der Waals surface area contributed by atoms with Gasteiger partial charge in [0.15, 0.2) is 5.82 Å². The predicted molar refractivity (Wildman–Crippen MR) is 118 cm³/mol. The molecule has 1 saturated heterocycles. The Labute approximate surface area is 179 Å². The van der Waals surface area contributed by atoms with Crippen LogP contribution in [0, 0.1) is 12.8 Å². The molecular weight excluding hydrogens is 396 g/mol. The first kappa shape index (κ1) is 20.2. The van der Waals surface area contributed by atoms with E-state index in [1.54, 1.807) is 29.7 Å². The molecule has 4 heterocycles. The summed E-state index contributed by atoms with van der Waals surface area (Å²) in [6.45, 7) is 3.51. The summed E-state index contributed by atoms with van der Waals surface area (Å²) in [5.74, 6) is 1.84. The van der Waals surface area contributed by atoms with Gasteiger partial charge in [-0.15, -0.1) is 16.4 Å². The van der Waals surface area contributed by atoms with Crippen molar-refractivity contribution < 1.29 is 4.79 Å². The number of carbonyl (C=O) groups excluding carboxylic acids is 1. The minimum absolute atomic E-state index is 0.0475. The molecule has 3 aromatic heterocycles. The maximum atomic E-state index is 12.6. The van der Waals surface area contributed by atoms with Gasteiger partial charge in [0.05, 0.1) is 16.4 Å². The lowest BCUT2D eigenvalue weighted by Gasteiger charge is -2.32. The Kier molecular flexibility index (Phi) is 6.44. The van der Waals surface area contributed by atoms with E-state index in [0.717, 1.165) is 54.6 Å². The molecule has 0 aliphatic carbocycles. The van der Waals surface area contributed by atoms with Gasteiger partial charge in [-0.2, -0.15) is 5.10 Å². The van der Waals surface area contributed by atoms with Crippen LogP contribution in [-0.4, -0.2) is 44.1 Å². The molecule has 30 heavy (non-hydrogen) atoms. The van der Waals surface area contributed by atoms with Crippen molar-refractivity contribution in [2.75, 3.05) is 18.4 Å². The van der Waals surface area contributed by atoms with E-state index in [9.17, 15) is 4.79 Å². The van der Waals surface area contributed by atoms with Crippen molar-refractivity contribution in [2.45, 2.75) is 26.2 Å². The van der Waals surface area contributed by atoms with E-state index in [-0.39, 0.29) is 5.91 Å². The lowest BCUT2D eigenvalue weighted by molar-refractivity contribution is -0.127. The number of aromatic nitrogens is 4. The number of hydrogen-bond acceptors (Lipinski definition) is 7.